The summed E-state index contributed by atoms with van der Waals surface area (Å²) >= 11 is 0. The molecule has 5 aromatic carbocycles. The fourth-order valence-corrected chi connectivity index (χ4v) is 11.3. The molecule has 5 heteroatoms. The average Bonchev–Trinajstić information content (AvgIpc) is 3.60. The van der Waals surface area contributed by atoms with Crippen molar-refractivity contribution >= 4 is 17.1 Å². The van der Waals surface area contributed by atoms with Crippen molar-refractivity contribution in [3.05, 3.63) is 153 Å². The van der Waals surface area contributed by atoms with Crippen LogP contribution in [-0.4, -0.2) is 13.2 Å². The molecule has 376 valence electrons. The van der Waals surface area contributed by atoms with Crippen molar-refractivity contribution in [2.75, 3.05) is 18.1 Å². The van der Waals surface area contributed by atoms with Gasteiger partial charge in [0.05, 0.1) is 6.61 Å². The molecule has 0 aliphatic heterocycles. The van der Waals surface area contributed by atoms with Gasteiger partial charge in [-0.05, 0) is 158 Å². The first kappa shape index (κ1) is 54.3. The third-order valence-electron chi connectivity index (χ3n) is 16.8. The molecule has 0 fully saturated rings. The van der Waals surface area contributed by atoms with Crippen LogP contribution in [0.15, 0.2) is 114 Å². The Kier molecular flexibility index (Phi) is 17.9. The molecule has 6 rings (SSSR count). The fourth-order valence-electron chi connectivity index (χ4n) is 11.3. The Balaban J connectivity index is 1.40. The van der Waals surface area contributed by atoms with Crippen LogP contribution in [0.1, 0.15) is 207 Å². The monoisotopic (exact) mass is 943 g/mol. The molecule has 1 aliphatic carbocycles. The minimum Gasteiger partial charge on any atom is -0.494 e. The van der Waals surface area contributed by atoms with Gasteiger partial charge in [-0.1, -0.05) is 214 Å². The summed E-state index contributed by atoms with van der Waals surface area (Å²) in [5, 5.41) is 3.65. The molecule has 0 saturated heterocycles. The summed E-state index contributed by atoms with van der Waals surface area (Å²) in [7, 11) is 0. The summed E-state index contributed by atoms with van der Waals surface area (Å²) < 4.78 is 6.09. The summed E-state index contributed by atoms with van der Waals surface area (Å²) in [6.07, 6.45) is 14.3. The van der Waals surface area contributed by atoms with Crippen LogP contribution >= 0.6 is 0 Å². The van der Waals surface area contributed by atoms with Gasteiger partial charge < -0.3 is 9.64 Å². The van der Waals surface area contributed by atoms with Crippen molar-refractivity contribution in [1.82, 2.24) is 0 Å². The normalized spacial score (nSPS) is 15.7. The van der Waals surface area contributed by atoms with E-state index in [1.165, 1.54) is 97.6 Å². The van der Waals surface area contributed by atoms with Crippen LogP contribution in [0.25, 0.3) is 21.6 Å². The Morgan fingerprint density at radius 1 is 0.529 bits per heavy atom. The molecule has 0 spiro atoms. The van der Waals surface area contributed by atoms with E-state index in [1.807, 2.05) is 0 Å². The number of azide groups is 1. The summed E-state index contributed by atoms with van der Waals surface area (Å²) in [4.78, 5) is 5.22. The highest BCUT2D eigenvalue weighted by Crippen LogP contribution is 2.58. The number of unbranched alkanes of at least 4 members (excludes halogenated alkanes) is 3. The van der Waals surface area contributed by atoms with Crippen molar-refractivity contribution in [1.29, 1.82) is 0 Å². The van der Waals surface area contributed by atoms with Crippen LogP contribution in [0.3, 0.4) is 0 Å². The summed E-state index contributed by atoms with van der Waals surface area (Å²) in [6, 6.07) is 42.2. The van der Waals surface area contributed by atoms with Crippen LogP contribution in [0.4, 0.5) is 17.1 Å². The maximum absolute atomic E-state index is 8.61. The lowest BCUT2D eigenvalue weighted by Crippen LogP contribution is -2.40. The number of benzene rings is 5. The van der Waals surface area contributed by atoms with Crippen LogP contribution in [0.5, 0.6) is 5.75 Å². The molecule has 2 unspecified atom stereocenters. The van der Waals surface area contributed by atoms with Gasteiger partial charge in [-0.2, -0.15) is 0 Å². The number of nitrogens with zero attached hydrogens (tertiary/aromatic N) is 4. The zero-order chi connectivity index (χ0) is 50.9. The molecule has 0 radical (unpaired) electrons. The Morgan fingerprint density at radius 2 is 0.957 bits per heavy atom. The smallest absolute Gasteiger partial charge is 0.119 e. The number of hydrogen-bond donors (Lipinski definition) is 0. The quantitative estimate of drug-likeness (QED) is 0.0268. The molecule has 2 atom stereocenters. The number of rotatable bonds is 24. The third kappa shape index (κ3) is 12.0. The van der Waals surface area contributed by atoms with E-state index < -0.39 is 0 Å². The fraction of sp³-hybridized carbons (Fsp3) is 0.538. The Morgan fingerprint density at radius 3 is 1.41 bits per heavy atom. The molecule has 0 heterocycles. The van der Waals surface area contributed by atoms with E-state index >= 15 is 0 Å². The number of hydrogen-bond acceptors (Lipinski definition) is 3. The minimum atomic E-state index is -0.202. The first-order valence-electron chi connectivity index (χ1n) is 27.3. The van der Waals surface area contributed by atoms with Gasteiger partial charge in [-0.15, -0.1) is 0 Å². The molecule has 0 amide bonds. The van der Waals surface area contributed by atoms with Crippen LogP contribution in [0, 0.1) is 11.8 Å². The van der Waals surface area contributed by atoms with Gasteiger partial charge in [-0.25, -0.2) is 0 Å². The van der Waals surface area contributed by atoms with E-state index in [2.05, 4.69) is 221 Å². The Bertz CT molecular complexity index is 2480. The number of ether oxygens (including phenoxy) is 1. The zero-order valence-corrected chi connectivity index (χ0v) is 46.1. The van der Waals surface area contributed by atoms with Crippen molar-refractivity contribution in [2.24, 2.45) is 17.0 Å². The summed E-state index contributed by atoms with van der Waals surface area (Å²) in [5.41, 5.74) is 23.3. The van der Waals surface area contributed by atoms with Gasteiger partial charge in [0, 0.05) is 33.9 Å². The molecule has 5 nitrogen and oxygen atoms in total. The lowest BCUT2D eigenvalue weighted by molar-refractivity contribution is 0.264. The van der Waals surface area contributed by atoms with Crippen molar-refractivity contribution in [3.63, 3.8) is 0 Å². The molecule has 70 heavy (non-hydrogen) atoms. The highest BCUT2D eigenvalue weighted by Gasteiger charge is 2.48. The van der Waals surface area contributed by atoms with E-state index in [1.54, 1.807) is 11.1 Å². The van der Waals surface area contributed by atoms with E-state index in [9.17, 15) is 0 Å². The van der Waals surface area contributed by atoms with Crippen LogP contribution in [0.2, 0.25) is 0 Å². The maximum Gasteiger partial charge on any atom is 0.119 e. The molecule has 0 aromatic heterocycles. The molecule has 5 aromatic rings. The average molecular weight is 943 g/mol. The molecular weight excluding hydrogens is 853 g/mol. The molecule has 0 saturated carbocycles. The van der Waals surface area contributed by atoms with Gasteiger partial charge in [0.25, 0.3) is 0 Å². The third-order valence-corrected chi connectivity index (χ3v) is 16.8. The topological polar surface area (TPSA) is 61.2 Å². The number of anilines is 3. The van der Waals surface area contributed by atoms with E-state index in [0.717, 1.165) is 35.7 Å². The Labute approximate surface area is 425 Å². The van der Waals surface area contributed by atoms with Crippen molar-refractivity contribution < 1.29 is 4.74 Å². The summed E-state index contributed by atoms with van der Waals surface area (Å²) in [5.74, 6) is 2.20. The zero-order valence-electron chi connectivity index (χ0n) is 46.1. The molecule has 1 aliphatic rings. The maximum atomic E-state index is 8.61. The predicted molar refractivity (Wildman–Crippen MR) is 302 cm³/mol. The molecule has 0 N–H and O–H groups in total. The van der Waals surface area contributed by atoms with Crippen LogP contribution < -0.4 is 9.64 Å². The van der Waals surface area contributed by atoms with Crippen molar-refractivity contribution in [2.45, 2.75) is 201 Å². The van der Waals surface area contributed by atoms with E-state index in [4.69, 9.17) is 10.3 Å². The van der Waals surface area contributed by atoms with Gasteiger partial charge in [-0.3, -0.25) is 0 Å². The highest BCUT2D eigenvalue weighted by molar-refractivity contribution is 5.82. The predicted octanol–water partition coefficient (Wildman–Crippen LogP) is 20.0. The molecular formula is C65H90N4O. The van der Waals surface area contributed by atoms with E-state index in [-0.39, 0.29) is 27.1 Å². The second kappa shape index (κ2) is 23.0. The standard InChI is InChI=1S/C65H90N4O/c1-15-19-23-47(17-3)45-65(46-48(18-4)24-20-16-2)59-43-51(62(8,9)10)29-39-57(59)58-40-30-52(44-60(58)65)64(13,14)63(11,12)50-27-33-54(34-28-50)69(53-31-25-49(26-32-53)61(5,6)7)55-35-37-56(38-36-55)70-42-22-21-41-67-68-66/h25-40,43-44,47-48H,15-24,41-42,45-46H2,1-14H3. The van der Waals surface area contributed by atoms with Crippen molar-refractivity contribution in [3.8, 4) is 16.9 Å². The van der Waals surface area contributed by atoms with E-state index in [0.29, 0.717) is 25.0 Å². The van der Waals surface area contributed by atoms with Gasteiger partial charge in [0.1, 0.15) is 5.75 Å². The Hall–Kier alpha value is -4.99. The largest absolute Gasteiger partial charge is 0.494 e. The second-order valence-electron chi connectivity index (χ2n) is 24.0. The van der Waals surface area contributed by atoms with Gasteiger partial charge >= 0.3 is 0 Å². The second-order valence-corrected chi connectivity index (χ2v) is 24.0. The van der Waals surface area contributed by atoms with Crippen LogP contribution in [-0.2, 0) is 27.1 Å². The lowest BCUT2D eigenvalue weighted by Gasteiger charge is -2.44. The number of fused-ring (bicyclic) bond motifs is 3. The summed E-state index contributed by atoms with van der Waals surface area (Å²) in [6.45, 7) is 34.6. The lowest BCUT2D eigenvalue weighted by atomic mass is 9.59. The molecule has 0 bridgehead atoms. The SMILES string of the molecule is CCCCC(CC)CC1(CC(CC)CCCC)c2cc(C(C)(C)C)ccc2-c2ccc(C(C)(C)C(C)(C)c3ccc(N(c4ccc(OCCCCN=[N+]=[N-])cc4)c4ccc(C(C)(C)C)cc4)cc3)cc21. The first-order valence-corrected chi connectivity index (χ1v) is 27.3. The van der Waals surface area contributed by atoms with Gasteiger partial charge in [0.2, 0.25) is 0 Å². The van der Waals surface area contributed by atoms with Gasteiger partial charge in [0.15, 0.2) is 0 Å². The first-order chi connectivity index (χ1) is 33.2. The minimum absolute atomic E-state index is 0.0282. The highest BCUT2D eigenvalue weighted by atomic mass is 16.5.